The molecule has 0 aliphatic carbocycles. The molecule has 2 aromatic rings. The average Bonchev–Trinajstić information content (AvgIpc) is 2.95. The van der Waals surface area contributed by atoms with Crippen molar-refractivity contribution >= 4 is 17.8 Å². The Morgan fingerprint density at radius 1 is 1.04 bits per heavy atom. The SMILES string of the molecule is Cc1cc(C(=O)N2CC(C(=O)O)CCC2C(=O)O)c(C)n1Cc1ccccc1. The van der Waals surface area contributed by atoms with Crippen LogP contribution < -0.4 is 0 Å². The van der Waals surface area contributed by atoms with Crippen molar-refractivity contribution in [1.29, 1.82) is 0 Å². The van der Waals surface area contributed by atoms with Gasteiger partial charge in [-0.05, 0) is 38.3 Å². The lowest BCUT2D eigenvalue weighted by atomic mass is 9.92. The number of amides is 1. The number of carboxylic acid groups (broad SMARTS) is 2. The highest BCUT2D eigenvalue weighted by atomic mass is 16.4. The van der Waals surface area contributed by atoms with E-state index in [4.69, 9.17) is 0 Å². The zero-order valence-corrected chi connectivity index (χ0v) is 16.0. The first kappa shape index (κ1) is 19.7. The summed E-state index contributed by atoms with van der Waals surface area (Å²) in [5.74, 6) is -3.27. The van der Waals surface area contributed by atoms with Crippen LogP contribution in [0, 0.1) is 19.8 Å². The Morgan fingerprint density at radius 2 is 1.71 bits per heavy atom. The van der Waals surface area contributed by atoms with Crippen LogP contribution in [-0.4, -0.2) is 50.1 Å². The lowest BCUT2D eigenvalue weighted by Gasteiger charge is -2.36. The fourth-order valence-electron chi connectivity index (χ4n) is 3.84. The van der Waals surface area contributed by atoms with E-state index < -0.39 is 29.8 Å². The molecular weight excluding hydrogens is 360 g/mol. The number of nitrogens with zero attached hydrogens (tertiary/aromatic N) is 2. The Kier molecular flexibility index (Phi) is 5.53. The van der Waals surface area contributed by atoms with Crippen molar-refractivity contribution in [3.05, 3.63) is 58.9 Å². The minimum absolute atomic E-state index is 0.0898. The van der Waals surface area contributed by atoms with Gasteiger partial charge in [0.2, 0.25) is 0 Å². The zero-order chi connectivity index (χ0) is 20.4. The molecule has 0 radical (unpaired) electrons. The van der Waals surface area contributed by atoms with Gasteiger partial charge in [0, 0.05) is 24.5 Å². The van der Waals surface area contributed by atoms with Crippen molar-refractivity contribution in [3.63, 3.8) is 0 Å². The molecule has 1 aliphatic heterocycles. The summed E-state index contributed by atoms with van der Waals surface area (Å²) in [6.45, 7) is 4.24. The highest BCUT2D eigenvalue weighted by Crippen LogP contribution is 2.27. The van der Waals surface area contributed by atoms with Crippen LogP contribution in [0.15, 0.2) is 36.4 Å². The van der Waals surface area contributed by atoms with Crippen molar-refractivity contribution in [2.24, 2.45) is 5.92 Å². The van der Waals surface area contributed by atoms with Crippen LogP contribution in [0.3, 0.4) is 0 Å². The minimum Gasteiger partial charge on any atom is -0.481 e. The van der Waals surface area contributed by atoms with E-state index in [1.807, 2.05) is 48.7 Å². The van der Waals surface area contributed by atoms with Gasteiger partial charge in [-0.15, -0.1) is 0 Å². The van der Waals surface area contributed by atoms with E-state index in [9.17, 15) is 24.6 Å². The maximum Gasteiger partial charge on any atom is 0.326 e. The molecule has 1 saturated heterocycles. The second-order valence-corrected chi connectivity index (χ2v) is 7.28. The number of hydrogen-bond donors (Lipinski definition) is 2. The van der Waals surface area contributed by atoms with Gasteiger partial charge in [-0.3, -0.25) is 9.59 Å². The molecule has 1 aromatic carbocycles. The Bertz CT molecular complexity index is 903. The Hall–Kier alpha value is -3.09. The van der Waals surface area contributed by atoms with Crippen LogP contribution >= 0.6 is 0 Å². The first-order valence-electron chi connectivity index (χ1n) is 9.26. The number of aliphatic carboxylic acids is 2. The maximum absolute atomic E-state index is 13.2. The van der Waals surface area contributed by atoms with Crippen LogP contribution in [0.4, 0.5) is 0 Å². The molecule has 28 heavy (non-hydrogen) atoms. The predicted molar refractivity (Wildman–Crippen MR) is 102 cm³/mol. The van der Waals surface area contributed by atoms with Crippen molar-refractivity contribution in [2.45, 2.75) is 39.3 Å². The fraction of sp³-hybridized carbons (Fsp3) is 0.381. The molecule has 2 unspecified atom stereocenters. The number of hydrogen-bond acceptors (Lipinski definition) is 3. The number of carbonyl (C=O) groups excluding carboxylic acids is 1. The van der Waals surface area contributed by atoms with Gasteiger partial charge in [-0.1, -0.05) is 30.3 Å². The van der Waals surface area contributed by atoms with E-state index in [-0.39, 0.29) is 19.4 Å². The van der Waals surface area contributed by atoms with E-state index in [1.165, 1.54) is 4.90 Å². The van der Waals surface area contributed by atoms with Crippen molar-refractivity contribution < 1.29 is 24.6 Å². The van der Waals surface area contributed by atoms with Crippen LogP contribution in [0.2, 0.25) is 0 Å². The summed E-state index contributed by atoms with van der Waals surface area (Å²) in [6.07, 6.45) is 0.393. The smallest absolute Gasteiger partial charge is 0.326 e. The summed E-state index contributed by atoms with van der Waals surface area (Å²) in [7, 11) is 0. The summed E-state index contributed by atoms with van der Waals surface area (Å²) in [5.41, 5.74) is 3.15. The zero-order valence-electron chi connectivity index (χ0n) is 16.0. The highest BCUT2D eigenvalue weighted by molar-refractivity contribution is 5.98. The predicted octanol–water partition coefficient (Wildman–Crippen LogP) is 2.54. The number of aromatic nitrogens is 1. The van der Waals surface area contributed by atoms with Gasteiger partial charge >= 0.3 is 11.9 Å². The van der Waals surface area contributed by atoms with E-state index in [0.29, 0.717) is 12.1 Å². The molecule has 7 nitrogen and oxygen atoms in total. The van der Waals surface area contributed by atoms with E-state index in [0.717, 1.165) is 17.0 Å². The molecule has 0 bridgehead atoms. The molecule has 3 rings (SSSR count). The molecule has 7 heteroatoms. The lowest BCUT2D eigenvalue weighted by molar-refractivity contribution is -0.150. The van der Waals surface area contributed by atoms with Crippen LogP contribution in [0.5, 0.6) is 0 Å². The third kappa shape index (κ3) is 3.78. The minimum atomic E-state index is -1.10. The van der Waals surface area contributed by atoms with Gasteiger partial charge < -0.3 is 19.7 Å². The number of piperidine rings is 1. The first-order valence-corrected chi connectivity index (χ1v) is 9.26. The standard InChI is InChI=1S/C21H24N2O5/c1-13-10-17(14(2)22(13)11-15-6-4-3-5-7-15)19(24)23-12-16(20(25)26)8-9-18(23)21(27)28/h3-7,10,16,18H,8-9,11-12H2,1-2H3,(H,25,26)(H,27,28). The molecule has 2 N–H and O–H groups in total. The summed E-state index contributed by atoms with van der Waals surface area (Å²) in [5, 5.41) is 18.8. The quantitative estimate of drug-likeness (QED) is 0.825. The number of benzene rings is 1. The van der Waals surface area contributed by atoms with Crippen molar-refractivity contribution in [3.8, 4) is 0 Å². The normalized spacial score (nSPS) is 19.4. The molecule has 1 aliphatic rings. The average molecular weight is 384 g/mol. The third-order valence-corrected chi connectivity index (χ3v) is 5.46. The van der Waals surface area contributed by atoms with Crippen LogP contribution in [0.1, 0.15) is 40.2 Å². The van der Waals surface area contributed by atoms with Gasteiger partial charge in [0.1, 0.15) is 6.04 Å². The molecular formula is C21H24N2O5. The summed E-state index contributed by atoms with van der Waals surface area (Å²) < 4.78 is 2.01. The summed E-state index contributed by atoms with van der Waals surface area (Å²) in [6, 6.07) is 10.6. The summed E-state index contributed by atoms with van der Waals surface area (Å²) in [4.78, 5) is 37.4. The third-order valence-electron chi connectivity index (χ3n) is 5.46. The summed E-state index contributed by atoms with van der Waals surface area (Å²) >= 11 is 0. The molecule has 0 saturated carbocycles. The molecule has 1 fully saturated rings. The Labute approximate surface area is 163 Å². The van der Waals surface area contributed by atoms with Crippen LogP contribution in [0.25, 0.3) is 0 Å². The molecule has 0 spiro atoms. The number of likely N-dealkylation sites (tertiary alicyclic amines) is 1. The van der Waals surface area contributed by atoms with Gasteiger partial charge in [-0.25, -0.2) is 4.79 Å². The monoisotopic (exact) mass is 384 g/mol. The van der Waals surface area contributed by atoms with Crippen molar-refractivity contribution in [1.82, 2.24) is 9.47 Å². The highest BCUT2D eigenvalue weighted by Gasteiger charge is 2.39. The number of rotatable bonds is 5. The fourth-order valence-corrected chi connectivity index (χ4v) is 3.84. The van der Waals surface area contributed by atoms with Gasteiger partial charge in [0.05, 0.1) is 11.5 Å². The topological polar surface area (TPSA) is 99.8 Å². The largest absolute Gasteiger partial charge is 0.481 e. The van der Waals surface area contributed by atoms with Gasteiger partial charge in [0.25, 0.3) is 5.91 Å². The molecule has 1 amide bonds. The van der Waals surface area contributed by atoms with E-state index in [1.54, 1.807) is 6.07 Å². The molecule has 2 atom stereocenters. The first-order chi connectivity index (χ1) is 13.3. The van der Waals surface area contributed by atoms with Gasteiger partial charge in [-0.2, -0.15) is 0 Å². The van der Waals surface area contributed by atoms with E-state index >= 15 is 0 Å². The lowest BCUT2D eigenvalue weighted by Crippen LogP contribution is -2.52. The molecule has 148 valence electrons. The van der Waals surface area contributed by atoms with Crippen molar-refractivity contribution in [2.75, 3.05) is 6.54 Å². The number of carbonyl (C=O) groups is 3. The van der Waals surface area contributed by atoms with E-state index in [2.05, 4.69) is 0 Å². The molecule has 1 aromatic heterocycles. The Balaban J connectivity index is 1.91. The molecule has 2 heterocycles. The number of aryl methyl sites for hydroxylation is 1. The second kappa shape index (κ2) is 7.88. The maximum atomic E-state index is 13.2. The Morgan fingerprint density at radius 3 is 2.32 bits per heavy atom. The van der Waals surface area contributed by atoms with Crippen LogP contribution in [-0.2, 0) is 16.1 Å². The number of carboxylic acids is 2. The second-order valence-electron chi connectivity index (χ2n) is 7.28. The van der Waals surface area contributed by atoms with Gasteiger partial charge in [0.15, 0.2) is 0 Å².